The Kier molecular flexibility index (Phi) is 3.20. The van der Waals surface area contributed by atoms with Crippen molar-refractivity contribution in [1.82, 2.24) is 14.9 Å². The number of benzene rings is 1. The molecule has 0 amide bonds. The number of nitrogens with zero attached hydrogens (tertiary/aromatic N) is 4. The molecule has 2 N–H and O–H groups in total. The molecular weight excluding hydrogens is 298 g/mol. The van der Waals surface area contributed by atoms with Crippen LogP contribution in [0, 0.1) is 12.8 Å². The van der Waals surface area contributed by atoms with Gasteiger partial charge in [-0.05, 0) is 42.9 Å². The van der Waals surface area contributed by atoms with Gasteiger partial charge in [-0.1, -0.05) is 24.8 Å². The number of likely N-dealkylation sites (N-methyl/N-ethyl adjacent to an activating group) is 1. The van der Waals surface area contributed by atoms with Gasteiger partial charge >= 0.3 is 0 Å². The summed E-state index contributed by atoms with van der Waals surface area (Å²) in [6.45, 7) is 6.18. The molecule has 1 fully saturated rings. The van der Waals surface area contributed by atoms with Gasteiger partial charge in [-0.25, -0.2) is 15.0 Å². The summed E-state index contributed by atoms with van der Waals surface area (Å²) < 4.78 is 0. The average Bonchev–Trinajstić information content (AvgIpc) is 3.41. The number of aryl methyl sites for hydroxylation is 1. The van der Waals surface area contributed by atoms with Crippen molar-refractivity contribution in [2.45, 2.75) is 25.3 Å². The number of aromatic nitrogens is 2. The number of rotatable bonds is 3. The van der Waals surface area contributed by atoms with Crippen LogP contribution in [0.2, 0.25) is 0 Å². The standard InChI is InChI=1S/C19H21N5/c1-12-19(16-7-8-16,23-18(20)24(12)3)17-6-4-5-14(9-17)15-10-21-13(2)22-11-15/h4-6,9-11,16H,1,7-8H2,2-3H3,(H2,20,23). The maximum Gasteiger partial charge on any atom is 0.196 e. The van der Waals surface area contributed by atoms with Gasteiger partial charge in [-0.15, -0.1) is 0 Å². The number of nitrogens with two attached hydrogens (primary N) is 1. The molecule has 4 rings (SSSR count). The maximum atomic E-state index is 6.11. The van der Waals surface area contributed by atoms with E-state index in [9.17, 15) is 0 Å². The van der Waals surface area contributed by atoms with E-state index in [2.05, 4.69) is 40.8 Å². The summed E-state index contributed by atoms with van der Waals surface area (Å²) in [5, 5.41) is 0. The minimum absolute atomic E-state index is 0.430. The van der Waals surface area contributed by atoms with Crippen molar-refractivity contribution >= 4 is 5.96 Å². The fraction of sp³-hybridized carbons (Fsp3) is 0.316. The first-order valence-electron chi connectivity index (χ1n) is 8.20. The summed E-state index contributed by atoms with van der Waals surface area (Å²) in [4.78, 5) is 15.4. The highest BCUT2D eigenvalue weighted by Gasteiger charge is 2.53. The Morgan fingerprint density at radius 3 is 2.50 bits per heavy atom. The van der Waals surface area contributed by atoms with E-state index in [0.29, 0.717) is 11.9 Å². The molecule has 1 atom stereocenters. The molecule has 1 aliphatic heterocycles. The number of hydrogen-bond acceptors (Lipinski definition) is 5. The second kappa shape index (κ2) is 5.16. The molecule has 1 aliphatic carbocycles. The first-order chi connectivity index (χ1) is 11.5. The lowest BCUT2D eigenvalue weighted by molar-refractivity contribution is 0.423. The molecular formula is C19H21N5. The Labute approximate surface area is 142 Å². The average molecular weight is 319 g/mol. The molecule has 0 spiro atoms. The highest BCUT2D eigenvalue weighted by atomic mass is 15.3. The molecule has 122 valence electrons. The second-order valence-electron chi connectivity index (χ2n) is 6.62. The van der Waals surface area contributed by atoms with Crippen LogP contribution in [0.4, 0.5) is 0 Å². The van der Waals surface area contributed by atoms with Gasteiger partial charge in [0.05, 0.1) is 0 Å². The monoisotopic (exact) mass is 319 g/mol. The van der Waals surface area contributed by atoms with Gasteiger partial charge < -0.3 is 10.6 Å². The van der Waals surface area contributed by atoms with Crippen LogP contribution in [0.25, 0.3) is 11.1 Å². The third-order valence-electron chi connectivity index (χ3n) is 5.06. The molecule has 2 aliphatic rings. The van der Waals surface area contributed by atoms with Crippen LogP contribution in [0.3, 0.4) is 0 Å². The number of aliphatic imine (C=N–C) groups is 1. The molecule has 2 heterocycles. The summed E-state index contributed by atoms with van der Waals surface area (Å²) >= 11 is 0. The van der Waals surface area contributed by atoms with Gasteiger partial charge in [0.2, 0.25) is 0 Å². The van der Waals surface area contributed by atoms with Crippen LogP contribution in [-0.4, -0.2) is 27.9 Å². The van der Waals surface area contributed by atoms with Gasteiger partial charge in [0.25, 0.3) is 0 Å². The number of hydrogen-bond donors (Lipinski definition) is 1. The molecule has 5 nitrogen and oxygen atoms in total. The largest absolute Gasteiger partial charge is 0.369 e. The van der Waals surface area contributed by atoms with Crippen LogP contribution < -0.4 is 5.73 Å². The lowest BCUT2D eigenvalue weighted by atomic mass is 9.82. The first kappa shape index (κ1) is 14.9. The van der Waals surface area contributed by atoms with Gasteiger partial charge in [0.15, 0.2) is 5.96 Å². The Morgan fingerprint density at radius 1 is 1.21 bits per heavy atom. The van der Waals surface area contributed by atoms with Crippen molar-refractivity contribution in [2.75, 3.05) is 7.05 Å². The smallest absolute Gasteiger partial charge is 0.196 e. The molecule has 2 aromatic rings. The first-order valence-corrected chi connectivity index (χ1v) is 8.20. The third-order valence-corrected chi connectivity index (χ3v) is 5.06. The highest BCUT2D eigenvalue weighted by molar-refractivity contribution is 5.84. The summed E-state index contributed by atoms with van der Waals surface area (Å²) in [6, 6.07) is 8.43. The van der Waals surface area contributed by atoms with E-state index in [1.807, 2.05) is 31.3 Å². The Hall–Kier alpha value is -2.69. The van der Waals surface area contributed by atoms with Crippen LogP contribution in [0.1, 0.15) is 24.2 Å². The summed E-state index contributed by atoms with van der Waals surface area (Å²) in [7, 11) is 1.93. The topological polar surface area (TPSA) is 67.4 Å². The van der Waals surface area contributed by atoms with Gasteiger partial charge in [0, 0.05) is 30.7 Å². The highest BCUT2D eigenvalue weighted by Crippen LogP contribution is 2.55. The molecule has 1 aromatic heterocycles. The van der Waals surface area contributed by atoms with E-state index >= 15 is 0 Å². The molecule has 5 heteroatoms. The molecule has 24 heavy (non-hydrogen) atoms. The van der Waals surface area contributed by atoms with Crippen molar-refractivity contribution < 1.29 is 0 Å². The molecule has 1 unspecified atom stereocenters. The fourth-order valence-electron chi connectivity index (χ4n) is 3.49. The predicted octanol–water partition coefficient (Wildman–Crippen LogP) is 2.83. The van der Waals surface area contributed by atoms with Crippen LogP contribution >= 0.6 is 0 Å². The molecule has 0 bridgehead atoms. The Balaban J connectivity index is 1.82. The Bertz CT molecular complexity index is 835. The van der Waals surface area contributed by atoms with E-state index in [-0.39, 0.29) is 0 Å². The van der Waals surface area contributed by atoms with E-state index in [1.54, 1.807) is 0 Å². The van der Waals surface area contributed by atoms with Crippen molar-refractivity contribution in [3.8, 4) is 11.1 Å². The van der Waals surface area contributed by atoms with Crippen molar-refractivity contribution in [3.05, 3.63) is 60.3 Å². The van der Waals surface area contributed by atoms with Crippen LogP contribution in [-0.2, 0) is 5.54 Å². The second-order valence-corrected chi connectivity index (χ2v) is 6.62. The third kappa shape index (κ3) is 2.12. The lowest BCUT2D eigenvalue weighted by Crippen LogP contribution is -2.32. The van der Waals surface area contributed by atoms with Gasteiger partial charge in [-0.3, -0.25) is 0 Å². The zero-order chi connectivity index (χ0) is 16.9. The zero-order valence-electron chi connectivity index (χ0n) is 14.0. The Morgan fingerprint density at radius 2 is 1.92 bits per heavy atom. The summed E-state index contributed by atoms with van der Waals surface area (Å²) in [6.07, 6.45) is 6.03. The quantitative estimate of drug-likeness (QED) is 0.944. The van der Waals surface area contributed by atoms with Gasteiger partial charge in [-0.2, -0.15) is 0 Å². The normalized spacial score (nSPS) is 23.5. The van der Waals surface area contributed by atoms with E-state index in [0.717, 1.165) is 41.1 Å². The zero-order valence-corrected chi connectivity index (χ0v) is 14.0. The summed E-state index contributed by atoms with van der Waals surface area (Å²) in [5.41, 5.74) is 9.86. The lowest BCUT2D eigenvalue weighted by Gasteiger charge is -2.30. The van der Waals surface area contributed by atoms with Crippen molar-refractivity contribution in [1.29, 1.82) is 0 Å². The predicted molar refractivity (Wildman–Crippen MR) is 95.1 cm³/mol. The minimum atomic E-state index is -0.430. The van der Waals surface area contributed by atoms with Gasteiger partial charge in [0.1, 0.15) is 11.4 Å². The molecule has 0 radical (unpaired) electrons. The van der Waals surface area contributed by atoms with Crippen molar-refractivity contribution in [2.24, 2.45) is 16.6 Å². The maximum absolute atomic E-state index is 6.11. The van der Waals surface area contributed by atoms with E-state index < -0.39 is 5.54 Å². The summed E-state index contributed by atoms with van der Waals surface area (Å²) in [5.74, 6) is 1.78. The number of guanidine groups is 1. The molecule has 0 saturated heterocycles. The SMILES string of the molecule is C=C1N(C)C(N)=NC1(c1cccc(-c2cnc(C)nc2)c1)C1CC1. The van der Waals surface area contributed by atoms with Crippen LogP contribution in [0.5, 0.6) is 0 Å². The molecule has 1 saturated carbocycles. The van der Waals surface area contributed by atoms with E-state index in [1.165, 1.54) is 0 Å². The molecule has 1 aromatic carbocycles. The van der Waals surface area contributed by atoms with Crippen molar-refractivity contribution in [3.63, 3.8) is 0 Å². The van der Waals surface area contributed by atoms with E-state index in [4.69, 9.17) is 10.7 Å². The fourth-order valence-corrected chi connectivity index (χ4v) is 3.49. The minimum Gasteiger partial charge on any atom is -0.369 e. The van der Waals surface area contributed by atoms with Crippen LogP contribution in [0.15, 0.2) is 53.9 Å².